The van der Waals surface area contributed by atoms with Gasteiger partial charge in [-0.25, -0.2) is 0 Å². The lowest BCUT2D eigenvalue weighted by molar-refractivity contribution is -0.136. The molecule has 3 aliphatic rings. The van der Waals surface area contributed by atoms with Gasteiger partial charge in [0.25, 0.3) is 5.91 Å². The Morgan fingerprint density at radius 1 is 1.29 bits per heavy atom. The second-order valence-corrected chi connectivity index (χ2v) is 6.73. The van der Waals surface area contributed by atoms with E-state index in [1.54, 1.807) is 11.0 Å². The van der Waals surface area contributed by atoms with E-state index in [1.165, 1.54) is 0 Å². The fourth-order valence-corrected chi connectivity index (χ4v) is 3.51. The number of amides is 3. The van der Waals surface area contributed by atoms with Gasteiger partial charge >= 0.3 is 0 Å². The number of imide groups is 1. The summed E-state index contributed by atoms with van der Waals surface area (Å²) in [6.45, 7) is 1.08. The Balaban J connectivity index is 1.53. The fraction of sp³-hybridized carbons (Fsp3) is 0.471. The topological polar surface area (TPSA) is 105 Å². The number of carbonyl (C=O) groups is 3. The molecule has 2 fully saturated rings. The first-order valence-electron chi connectivity index (χ1n) is 8.29. The first kappa shape index (κ1) is 15.3. The summed E-state index contributed by atoms with van der Waals surface area (Å²) in [6, 6.07) is 5.68. The number of nitrogens with zero attached hydrogens (tertiary/aromatic N) is 1. The second-order valence-electron chi connectivity index (χ2n) is 6.73. The molecule has 1 unspecified atom stereocenters. The van der Waals surface area contributed by atoms with Crippen LogP contribution in [0.2, 0.25) is 0 Å². The minimum Gasteiger partial charge on any atom is -0.326 e. The molecule has 3 amide bonds. The van der Waals surface area contributed by atoms with Crippen molar-refractivity contribution in [3.05, 3.63) is 34.9 Å². The molecule has 4 N–H and O–H groups in total. The van der Waals surface area contributed by atoms with Crippen LogP contribution in [0.5, 0.6) is 0 Å². The van der Waals surface area contributed by atoms with E-state index in [9.17, 15) is 14.4 Å². The third-order valence-electron chi connectivity index (χ3n) is 5.07. The van der Waals surface area contributed by atoms with Gasteiger partial charge in [0.05, 0.1) is 0 Å². The van der Waals surface area contributed by atoms with Crippen molar-refractivity contribution in [2.24, 2.45) is 5.73 Å². The standard InChI is InChI=1S/C17H20N4O3/c18-12-6-13(12)19-7-9-2-1-3-10-11(9)8-21(17(10)24)14-4-5-15(22)20-16(14)23/h1-3,12-14,19H,4-8,18H2,(H,20,22,23)/t12-,13-,14?/m0/s1. The van der Waals surface area contributed by atoms with Crippen molar-refractivity contribution in [2.75, 3.05) is 0 Å². The van der Waals surface area contributed by atoms with Gasteiger partial charge in [-0.2, -0.15) is 0 Å². The molecule has 2 aliphatic heterocycles. The summed E-state index contributed by atoms with van der Waals surface area (Å²) in [5.74, 6) is -0.786. The molecular weight excluding hydrogens is 308 g/mol. The number of benzene rings is 1. The van der Waals surface area contributed by atoms with Crippen LogP contribution < -0.4 is 16.4 Å². The molecular formula is C17H20N4O3. The van der Waals surface area contributed by atoms with Crippen molar-refractivity contribution in [3.8, 4) is 0 Å². The average molecular weight is 328 g/mol. The Bertz CT molecular complexity index is 733. The van der Waals surface area contributed by atoms with Gasteiger partial charge in [0.15, 0.2) is 0 Å². The number of nitrogens with two attached hydrogens (primary N) is 1. The van der Waals surface area contributed by atoms with Gasteiger partial charge in [0, 0.05) is 37.2 Å². The predicted molar refractivity (Wildman–Crippen MR) is 85.7 cm³/mol. The predicted octanol–water partition coefficient (Wildman–Crippen LogP) is -0.363. The molecule has 3 atom stereocenters. The van der Waals surface area contributed by atoms with Crippen molar-refractivity contribution in [1.82, 2.24) is 15.5 Å². The molecule has 126 valence electrons. The molecule has 24 heavy (non-hydrogen) atoms. The Hall–Kier alpha value is -2.25. The summed E-state index contributed by atoms with van der Waals surface area (Å²) in [4.78, 5) is 37.7. The van der Waals surface area contributed by atoms with E-state index in [2.05, 4.69) is 10.6 Å². The second kappa shape index (κ2) is 5.68. The van der Waals surface area contributed by atoms with Gasteiger partial charge in [-0.05, 0) is 30.0 Å². The number of fused-ring (bicyclic) bond motifs is 1. The first-order valence-corrected chi connectivity index (χ1v) is 8.29. The fourth-order valence-electron chi connectivity index (χ4n) is 3.51. The van der Waals surface area contributed by atoms with Gasteiger partial charge in [-0.1, -0.05) is 12.1 Å². The van der Waals surface area contributed by atoms with E-state index in [1.807, 2.05) is 12.1 Å². The Kier molecular flexibility index (Phi) is 3.62. The number of nitrogens with one attached hydrogen (secondary N) is 2. The highest BCUT2D eigenvalue weighted by Gasteiger charge is 2.40. The summed E-state index contributed by atoms with van der Waals surface area (Å²) < 4.78 is 0. The Morgan fingerprint density at radius 2 is 2.08 bits per heavy atom. The molecule has 7 nitrogen and oxygen atoms in total. The molecule has 0 spiro atoms. The van der Waals surface area contributed by atoms with Crippen molar-refractivity contribution < 1.29 is 14.4 Å². The minimum atomic E-state index is -0.569. The van der Waals surface area contributed by atoms with Crippen molar-refractivity contribution in [3.63, 3.8) is 0 Å². The maximum Gasteiger partial charge on any atom is 0.255 e. The maximum atomic E-state index is 12.7. The molecule has 1 aromatic carbocycles. The summed E-state index contributed by atoms with van der Waals surface area (Å²) in [6.07, 6.45) is 1.63. The van der Waals surface area contributed by atoms with Crippen LogP contribution in [0.4, 0.5) is 0 Å². The summed E-state index contributed by atoms with van der Waals surface area (Å²) in [7, 11) is 0. The highest BCUT2D eigenvalue weighted by molar-refractivity contribution is 6.05. The zero-order valence-corrected chi connectivity index (χ0v) is 13.2. The van der Waals surface area contributed by atoms with Crippen LogP contribution in [0.15, 0.2) is 18.2 Å². The van der Waals surface area contributed by atoms with Crippen molar-refractivity contribution >= 4 is 17.7 Å². The monoisotopic (exact) mass is 328 g/mol. The first-order chi connectivity index (χ1) is 11.5. The van der Waals surface area contributed by atoms with E-state index < -0.39 is 6.04 Å². The lowest BCUT2D eigenvalue weighted by Gasteiger charge is -2.29. The van der Waals surface area contributed by atoms with Crippen molar-refractivity contribution in [2.45, 2.75) is 50.5 Å². The quantitative estimate of drug-likeness (QED) is 0.655. The number of hydrogen-bond donors (Lipinski definition) is 3. The lowest BCUT2D eigenvalue weighted by atomic mass is 10.0. The zero-order chi connectivity index (χ0) is 16.8. The lowest BCUT2D eigenvalue weighted by Crippen LogP contribution is -2.52. The van der Waals surface area contributed by atoms with E-state index in [0.29, 0.717) is 31.1 Å². The molecule has 1 saturated carbocycles. The normalized spacial score (nSPS) is 28.8. The largest absolute Gasteiger partial charge is 0.326 e. The molecule has 0 radical (unpaired) electrons. The third kappa shape index (κ3) is 2.59. The highest BCUT2D eigenvalue weighted by atomic mass is 16.2. The van der Waals surface area contributed by atoms with E-state index >= 15 is 0 Å². The molecule has 1 saturated heterocycles. The number of piperidine rings is 1. The maximum absolute atomic E-state index is 12.7. The van der Waals surface area contributed by atoms with Gasteiger partial charge in [0.2, 0.25) is 11.8 Å². The number of carbonyl (C=O) groups excluding carboxylic acids is 3. The third-order valence-corrected chi connectivity index (χ3v) is 5.07. The highest BCUT2D eigenvalue weighted by Crippen LogP contribution is 2.30. The van der Waals surface area contributed by atoms with Crippen LogP contribution >= 0.6 is 0 Å². The molecule has 2 heterocycles. The molecule has 7 heteroatoms. The Labute approximate surface area is 139 Å². The Morgan fingerprint density at radius 3 is 2.79 bits per heavy atom. The average Bonchev–Trinajstić information content (AvgIpc) is 3.16. The molecule has 0 bridgehead atoms. The number of rotatable bonds is 4. The van der Waals surface area contributed by atoms with Gasteiger partial charge < -0.3 is 16.0 Å². The van der Waals surface area contributed by atoms with E-state index in [4.69, 9.17) is 5.73 Å². The van der Waals surface area contributed by atoms with E-state index in [0.717, 1.165) is 17.5 Å². The number of hydrogen-bond acceptors (Lipinski definition) is 5. The van der Waals surface area contributed by atoms with Gasteiger partial charge in [0.1, 0.15) is 6.04 Å². The zero-order valence-electron chi connectivity index (χ0n) is 13.2. The van der Waals surface area contributed by atoms with E-state index in [-0.39, 0.29) is 30.2 Å². The van der Waals surface area contributed by atoms with Crippen LogP contribution in [0.25, 0.3) is 0 Å². The van der Waals surface area contributed by atoms with Crippen LogP contribution in [-0.4, -0.2) is 40.7 Å². The van der Waals surface area contributed by atoms with Gasteiger partial charge in [-0.15, -0.1) is 0 Å². The summed E-state index contributed by atoms with van der Waals surface area (Å²) >= 11 is 0. The molecule has 4 rings (SSSR count). The van der Waals surface area contributed by atoms with Crippen LogP contribution in [-0.2, 0) is 22.7 Å². The smallest absolute Gasteiger partial charge is 0.255 e. The minimum absolute atomic E-state index is 0.135. The molecule has 1 aromatic rings. The van der Waals surface area contributed by atoms with Gasteiger partial charge in [-0.3, -0.25) is 19.7 Å². The van der Waals surface area contributed by atoms with Crippen molar-refractivity contribution in [1.29, 1.82) is 0 Å². The molecule has 1 aliphatic carbocycles. The summed E-state index contributed by atoms with van der Waals surface area (Å²) in [5.41, 5.74) is 8.50. The van der Waals surface area contributed by atoms with Crippen LogP contribution in [0.1, 0.15) is 40.7 Å². The molecule has 0 aromatic heterocycles. The van der Waals surface area contributed by atoms with Crippen LogP contribution in [0.3, 0.4) is 0 Å². The SMILES string of the molecule is N[C@H]1C[C@@H]1NCc1cccc2c1CN(C1CCC(=O)NC1=O)C2=O. The summed E-state index contributed by atoms with van der Waals surface area (Å²) in [5, 5.41) is 5.72. The van der Waals surface area contributed by atoms with Crippen LogP contribution in [0, 0.1) is 0 Å².